The quantitative estimate of drug-likeness (QED) is 0.513. The van der Waals surface area contributed by atoms with E-state index in [0.717, 1.165) is 23.6 Å². The molecule has 0 saturated heterocycles. The van der Waals surface area contributed by atoms with Crippen LogP contribution in [0.3, 0.4) is 0 Å². The molecule has 1 N–H and O–H groups in total. The van der Waals surface area contributed by atoms with Crippen LogP contribution in [0.1, 0.15) is 46.0 Å². The van der Waals surface area contributed by atoms with Gasteiger partial charge in [0.15, 0.2) is 12.1 Å². The van der Waals surface area contributed by atoms with Gasteiger partial charge in [-0.2, -0.15) is 0 Å². The second-order valence-electron chi connectivity index (χ2n) is 7.18. The van der Waals surface area contributed by atoms with Gasteiger partial charge in [-0.25, -0.2) is 4.98 Å². The summed E-state index contributed by atoms with van der Waals surface area (Å²) in [5.41, 5.74) is 1.90. The van der Waals surface area contributed by atoms with Crippen LogP contribution in [0.15, 0.2) is 36.5 Å². The lowest BCUT2D eigenvalue weighted by Gasteiger charge is -2.36. The SMILES string of the molecule is CCCCCCC(C)N1c2cccnc2N(C)[C@H]1Nc1c(Cl)cccc1Cl. The lowest BCUT2D eigenvalue weighted by molar-refractivity contribution is 0.510. The van der Waals surface area contributed by atoms with E-state index in [-0.39, 0.29) is 6.29 Å². The lowest BCUT2D eigenvalue weighted by atomic mass is 10.1. The Morgan fingerprint density at radius 3 is 2.56 bits per heavy atom. The summed E-state index contributed by atoms with van der Waals surface area (Å²) in [6.45, 7) is 4.53. The highest BCUT2D eigenvalue weighted by Gasteiger charge is 2.37. The van der Waals surface area contributed by atoms with Gasteiger partial charge in [0.1, 0.15) is 0 Å². The van der Waals surface area contributed by atoms with Crippen molar-refractivity contribution in [3.8, 4) is 0 Å². The third kappa shape index (κ3) is 4.27. The Kier molecular flexibility index (Phi) is 6.72. The summed E-state index contributed by atoms with van der Waals surface area (Å²) in [5, 5.41) is 4.80. The highest BCUT2D eigenvalue weighted by atomic mass is 35.5. The maximum absolute atomic E-state index is 6.41. The third-order valence-electron chi connectivity index (χ3n) is 5.20. The minimum atomic E-state index is -0.0894. The fourth-order valence-electron chi connectivity index (χ4n) is 3.71. The number of hydrogen-bond donors (Lipinski definition) is 1. The Bertz CT molecular complexity index is 747. The zero-order chi connectivity index (χ0) is 19.4. The van der Waals surface area contributed by atoms with Crippen LogP contribution in [-0.4, -0.2) is 24.4 Å². The summed E-state index contributed by atoms with van der Waals surface area (Å²) in [4.78, 5) is 9.14. The van der Waals surface area contributed by atoms with Crippen molar-refractivity contribution < 1.29 is 0 Å². The van der Waals surface area contributed by atoms with E-state index in [2.05, 4.69) is 47.1 Å². The molecule has 1 aromatic carbocycles. The van der Waals surface area contributed by atoms with E-state index in [4.69, 9.17) is 23.2 Å². The van der Waals surface area contributed by atoms with E-state index < -0.39 is 0 Å². The number of aromatic nitrogens is 1. The predicted molar refractivity (Wildman–Crippen MR) is 117 cm³/mol. The molecule has 1 unspecified atom stereocenters. The maximum Gasteiger partial charge on any atom is 0.180 e. The number of benzene rings is 1. The summed E-state index contributed by atoms with van der Waals surface area (Å²) in [5.74, 6) is 0.971. The molecule has 1 aliphatic heterocycles. The number of nitrogens with zero attached hydrogens (tertiary/aromatic N) is 3. The number of nitrogens with one attached hydrogen (secondary N) is 1. The molecule has 2 aromatic rings. The van der Waals surface area contributed by atoms with Gasteiger partial charge in [-0.15, -0.1) is 0 Å². The summed E-state index contributed by atoms with van der Waals surface area (Å²) in [6, 6.07) is 10.1. The highest BCUT2D eigenvalue weighted by molar-refractivity contribution is 6.39. The van der Waals surface area contributed by atoms with Crippen molar-refractivity contribution >= 4 is 40.4 Å². The minimum absolute atomic E-state index is 0.0894. The second-order valence-corrected chi connectivity index (χ2v) is 7.99. The summed E-state index contributed by atoms with van der Waals surface area (Å²) >= 11 is 12.8. The molecule has 1 aliphatic rings. The number of anilines is 3. The fraction of sp³-hybridized carbons (Fsp3) is 0.476. The number of hydrogen-bond acceptors (Lipinski definition) is 4. The van der Waals surface area contributed by atoms with Crippen molar-refractivity contribution in [3.05, 3.63) is 46.6 Å². The molecule has 27 heavy (non-hydrogen) atoms. The van der Waals surface area contributed by atoms with Crippen molar-refractivity contribution in [3.63, 3.8) is 0 Å². The molecule has 146 valence electrons. The van der Waals surface area contributed by atoms with Gasteiger partial charge in [0.2, 0.25) is 0 Å². The Labute approximate surface area is 172 Å². The summed E-state index contributed by atoms with van der Waals surface area (Å²) < 4.78 is 0. The lowest BCUT2D eigenvalue weighted by Crippen LogP contribution is -2.51. The molecular weight excluding hydrogens is 379 g/mol. The van der Waals surface area contributed by atoms with Crippen LogP contribution in [0.25, 0.3) is 0 Å². The number of unbranched alkanes of at least 4 members (excludes halogenated alkanes) is 3. The second kappa shape index (κ2) is 9.03. The Balaban J connectivity index is 1.86. The summed E-state index contributed by atoms with van der Waals surface area (Å²) in [6.07, 6.45) is 7.93. The number of fused-ring (bicyclic) bond motifs is 1. The molecular formula is C21H28Cl2N4. The van der Waals surface area contributed by atoms with E-state index in [1.807, 2.05) is 30.5 Å². The first-order chi connectivity index (χ1) is 13.0. The van der Waals surface area contributed by atoms with Gasteiger partial charge in [-0.3, -0.25) is 0 Å². The molecule has 2 heterocycles. The summed E-state index contributed by atoms with van der Waals surface area (Å²) in [7, 11) is 2.05. The van der Waals surface area contributed by atoms with Crippen LogP contribution in [-0.2, 0) is 0 Å². The molecule has 0 spiro atoms. The van der Waals surface area contributed by atoms with Crippen LogP contribution < -0.4 is 15.1 Å². The van der Waals surface area contributed by atoms with Gasteiger partial charge in [0, 0.05) is 19.3 Å². The minimum Gasteiger partial charge on any atom is -0.346 e. The highest BCUT2D eigenvalue weighted by Crippen LogP contribution is 2.41. The van der Waals surface area contributed by atoms with E-state index in [1.54, 1.807) is 0 Å². The zero-order valence-electron chi connectivity index (χ0n) is 16.3. The first kappa shape index (κ1) is 20.1. The maximum atomic E-state index is 6.41. The molecule has 4 nitrogen and oxygen atoms in total. The van der Waals surface area contributed by atoms with Crippen molar-refractivity contribution in [2.75, 3.05) is 22.2 Å². The average molecular weight is 407 g/mol. The van der Waals surface area contributed by atoms with Gasteiger partial charge in [-0.05, 0) is 37.6 Å². The smallest absolute Gasteiger partial charge is 0.180 e. The van der Waals surface area contributed by atoms with Gasteiger partial charge < -0.3 is 15.1 Å². The van der Waals surface area contributed by atoms with Crippen LogP contribution in [0.5, 0.6) is 0 Å². The van der Waals surface area contributed by atoms with Crippen molar-refractivity contribution in [2.24, 2.45) is 0 Å². The van der Waals surface area contributed by atoms with Crippen LogP contribution >= 0.6 is 23.2 Å². The largest absolute Gasteiger partial charge is 0.346 e. The number of rotatable bonds is 8. The third-order valence-corrected chi connectivity index (χ3v) is 5.83. The van der Waals surface area contributed by atoms with Gasteiger partial charge >= 0.3 is 0 Å². The van der Waals surface area contributed by atoms with Crippen molar-refractivity contribution in [1.82, 2.24) is 4.98 Å². The zero-order valence-corrected chi connectivity index (χ0v) is 17.8. The van der Waals surface area contributed by atoms with E-state index in [1.165, 1.54) is 25.7 Å². The molecule has 0 aliphatic carbocycles. The average Bonchev–Trinajstić information content (AvgIpc) is 2.94. The fourth-order valence-corrected chi connectivity index (χ4v) is 4.22. The number of pyridine rings is 1. The van der Waals surface area contributed by atoms with Gasteiger partial charge in [0.25, 0.3) is 0 Å². The molecule has 0 radical (unpaired) electrons. The van der Waals surface area contributed by atoms with Crippen LogP contribution in [0, 0.1) is 0 Å². The van der Waals surface area contributed by atoms with Gasteiger partial charge in [0.05, 0.1) is 21.4 Å². The molecule has 2 atom stereocenters. The van der Waals surface area contributed by atoms with E-state index in [9.17, 15) is 0 Å². The topological polar surface area (TPSA) is 31.4 Å². The molecule has 6 heteroatoms. The van der Waals surface area contributed by atoms with E-state index in [0.29, 0.717) is 16.1 Å². The molecule has 1 aromatic heterocycles. The molecule has 0 bridgehead atoms. The van der Waals surface area contributed by atoms with Crippen LogP contribution in [0.2, 0.25) is 10.0 Å². The van der Waals surface area contributed by atoms with E-state index >= 15 is 0 Å². The monoisotopic (exact) mass is 406 g/mol. The van der Waals surface area contributed by atoms with Crippen molar-refractivity contribution in [1.29, 1.82) is 0 Å². The number of para-hydroxylation sites is 1. The van der Waals surface area contributed by atoms with Gasteiger partial charge in [-0.1, -0.05) is 61.9 Å². The normalized spacial score (nSPS) is 17.1. The Hall–Kier alpha value is -1.65. The standard InChI is InChI=1S/C21H28Cl2N4/c1-4-5-6-7-10-15(2)27-18-13-9-14-24-20(18)26(3)21(27)25-19-16(22)11-8-12-17(19)23/h8-9,11-15,21,25H,4-7,10H2,1-3H3/t15?,21-/m1/s1. The van der Waals surface area contributed by atoms with Crippen LogP contribution in [0.4, 0.5) is 17.2 Å². The number of halogens is 2. The first-order valence-corrected chi connectivity index (χ1v) is 10.5. The van der Waals surface area contributed by atoms with Crippen molar-refractivity contribution in [2.45, 2.75) is 58.3 Å². The molecule has 0 fully saturated rings. The first-order valence-electron chi connectivity index (χ1n) is 9.71. The molecule has 3 rings (SSSR count). The molecule has 0 saturated carbocycles. The Morgan fingerprint density at radius 2 is 1.85 bits per heavy atom. The predicted octanol–water partition coefficient (Wildman–Crippen LogP) is 6.40. The molecule has 0 amide bonds. The Morgan fingerprint density at radius 1 is 1.11 bits per heavy atom.